The van der Waals surface area contributed by atoms with E-state index in [4.69, 9.17) is 0 Å². The third kappa shape index (κ3) is 1.90. The lowest BCUT2D eigenvalue weighted by molar-refractivity contribution is 0.216. The minimum Gasteiger partial charge on any atom is -0.0599 e. The van der Waals surface area contributed by atoms with E-state index in [2.05, 4.69) is 33.8 Å². The molecule has 1 unspecified atom stereocenters. The van der Waals surface area contributed by atoms with Crippen LogP contribution >= 0.6 is 0 Å². The van der Waals surface area contributed by atoms with Crippen LogP contribution in [-0.2, 0) is 25.7 Å². The van der Waals surface area contributed by atoms with Crippen LogP contribution in [0.5, 0.6) is 0 Å². The topological polar surface area (TPSA) is 0 Å². The van der Waals surface area contributed by atoms with Gasteiger partial charge in [-0.25, -0.2) is 0 Å². The summed E-state index contributed by atoms with van der Waals surface area (Å²) in [6.07, 6.45) is 8.04. The zero-order valence-corrected chi connectivity index (χ0v) is 12.4. The Morgan fingerprint density at radius 1 is 1.00 bits per heavy atom. The molecule has 0 heteroatoms. The summed E-state index contributed by atoms with van der Waals surface area (Å²) in [7, 11) is 0. The number of hydrogen-bond donors (Lipinski definition) is 0. The molecule has 0 N–H and O–H groups in total. The molecule has 1 aromatic rings. The minimum absolute atomic E-state index is 0.463. The smallest absolute Gasteiger partial charge is 0.0242 e. The first-order valence-corrected chi connectivity index (χ1v) is 7.60. The number of rotatable bonds is 0. The van der Waals surface area contributed by atoms with E-state index >= 15 is 0 Å². The van der Waals surface area contributed by atoms with Crippen molar-refractivity contribution in [3.05, 3.63) is 33.9 Å². The Balaban J connectivity index is 2.00. The summed E-state index contributed by atoms with van der Waals surface area (Å²) >= 11 is 0. The fourth-order valence-electron chi connectivity index (χ4n) is 4.03. The van der Waals surface area contributed by atoms with Crippen LogP contribution in [0.2, 0.25) is 0 Å². The Morgan fingerprint density at radius 3 is 2.44 bits per heavy atom. The van der Waals surface area contributed by atoms with Crippen molar-refractivity contribution < 1.29 is 0 Å². The first-order chi connectivity index (χ1) is 8.47. The van der Waals surface area contributed by atoms with Crippen LogP contribution in [0.15, 0.2) is 6.07 Å². The van der Waals surface area contributed by atoms with Crippen molar-refractivity contribution in [1.82, 2.24) is 0 Å². The van der Waals surface area contributed by atoms with E-state index < -0.39 is 0 Å². The number of benzene rings is 1. The van der Waals surface area contributed by atoms with Gasteiger partial charge in [-0.1, -0.05) is 26.8 Å². The summed E-state index contributed by atoms with van der Waals surface area (Å²) in [4.78, 5) is 0. The van der Waals surface area contributed by atoms with Gasteiger partial charge in [-0.15, -0.1) is 0 Å². The predicted octanol–water partition coefficient (Wildman–Crippen LogP) is 4.63. The molecule has 0 saturated heterocycles. The van der Waals surface area contributed by atoms with Gasteiger partial charge in [0.25, 0.3) is 0 Å². The first-order valence-electron chi connectivity index (χ1n) is 7.60. The molecule has 0 aliphatic heterocycles. The Kier molecular flexibility index (Phi) is 2.80. The van der Waals surface area contributed by atoms with Crippen molar-refractivity contribution in [1.29, 1.82) is 0 Å². The van der Waals surface area contributed by atoms with Gasteiger partial charge in [-0.2, -0.15) is 0 Å². The summed E-state index contributed by atoms with van der Waals surface area (Å²) in [6.45, 7) is 9.59. The summed E-state index contributed by atoms with van der Waals surface area (Å²) < 4.78 is 0. The fourth-order valence-corrected chi connectivity index (χ4v) is 4.03. The highest BCUT2D eigenvalue weighted by Crippen LogP contribution is 2.40. The predicted molar refractivity (Wildman–Crippen MR) is 78.2 cm³/mol. The highest BCUT2D eigenvalue weighted by molar-refractivity contribution is 5.48. The van der Waals surface area contributed by atoms with Crippen LogP contribution in [0.4, 0.5) is 0 Å². The van der Waals surface area contributed by atoms with Crippen molar-refractivity contribution >= 4 is 0 Å². The largest absolute Gasteiger partial charge is 0.0599 e. The van der Waals surface area contributed by atoms with Crippen molar-refractivity contribution in [2.45, 2.75) is 66.2 Å². The van der Waals surface area contributed by atoms with Crippen LogP contribution in [0, 0.1) is 18.3 Å². The van der Waals surface area contributed by atoms with Gasteiger partial charge in [0, 0.05) is 0 Å². The maximum Gasteiger partial charge on any atom is -0.0242 e. The van der Waals surface area contributed by atoms with Crippen molar-refractivity contribution in [2.75, 3.05) is 0 Å². The van der Waals surface area contributed by atoms with Crippen LogP contribution < -0.4 is 0 Å². The van der Waals surface area contributed by atoms with Gasteiger partial charge in [-0.3, -0.25) is 0 Å². The average Bonchev–Trinajstić information content (AvgIpc) is 2.75. The van der Waals surface area contributed by atoms with Gasteiger partial charge in [0.2, 0.25) is 0 Å². The Hall–Kier alpha value is -0.780. The van der Waals surface area contributed by atoms with Gasteiger partial charge in [0.05, 0.1) is 0 Å². The molecule has 0 spiro atoms. The standard InChI is InChI=1S/C18H26/c1-12-16-7-5-6-13(16)10-14-11-15(18(2,3)4)8-9-17(12)14/h10,15H,5-9,11H2,1-4H3. The van der Waals surface area contributed by atoms with Gasteiger partial charge < -0.3 is 0 Å². The molecule has 2 aliphatic carbocycles. The molecule has 0 bridgehead atoms. The lowest BCUT2D eigenvalue weighted by atomic mass is 9.69. The summed E-state index contributed by atoms with van der Waals surface area (Å²) in [5, 5.41) is 0. The second-order valence-corrected chi connectivity index (χ2v) is 7.44. The van der Waals surface area contributed by atoms with Crippen molar-refractivity contribution in [3.8, 4) is 0 Å². The van der Waals surface area contributed by atoms with Crippen LogP contribution in [-0.4, -0.2) is 0 Å². The maximum atomic E-state index is 2.56. The molecule has 0 aromatic heterocycles. The molecule has 18 heavy (non-hydrogen) atoms. The number of aryl methyl sites for hydroxylation is 1. The van der Waals surface area contributed by atoms with Gasteiger partial charge in [0.15, 0.2) is 0 Å². The molecule has 1 aromatic carbocycles. The van der Waals surface area contributed by atoms with Crippen LogP contribution in [0.25, 0.3) is 0 Å². The van der Waals surface area contributed by atoms with E-state index in [1.54, 1.807) is 27.8 Å². The Bertz CT molecular complexity index is 474. The first kappa shape index (κ1) is 12.3. The Morgan fingerprint density at radius 2 is 1.72 bits per heavy atom. The molecular weight excluding hydrogens is 216 g/mol. The third-order valence-corrected chi connectivity index (χ3v) is 5.34. The van der Waals surface area contributed by atoms with E-state index in [1.807, 2.05) is 0 Å². The normalized spacial score (nSPS) is 22.8. The molecule has 1 atom stereocenters. The lowest BCUT2D eigenvalue weighted by Gasteiger charge is -2.36. The van der Waals surface area contributed by atoms with E-state index in [9.17, 15) is 0 Å². The summed E-state index contributed by atoms with van der Waals surface area (Å²) in [5.74, 6) is 0.865. The van der Waals surface area contributed by atoms with E-state index in [-0.39, 0.29) is 0 Å². The van der Waals surface area contributed by atoms with Crippen LogP contribution in [0.1, 0.15) is 61.4 Å². The number of fused-ring (bicyclic) bond motifs is 2. The fraction of sp³-hybridized carbons (Fsp3) is 0.667. The molecular formula is C18H26. The van der Waals surface area contributed by atoms with E-state index in [1.165, 1.54) is 38.5 Å². The van der Waals surface area contributed by atoms with Crippen molar-refractivity contribution in [2.24, 2.45) is 11.3 Å². The molecule has 98 valence electrons. The molecule has 3 rings (SSSR count). The second-order valence-electron chi connectivity index (χ2n) is 7.44. The van der Waals surface area contributed by atoms with Gasteiger partial charge in [-0.05, 0) is 84.6 Å². The SMILES string of the molecule is Cc1c2c(cc3c1CCC(C(C)(C)C)C3)CCC2. The lowest BCUT2D eigenvalue weighted by Crippen LogP contribution is -2.27. The molecule has 0 saturated carbocycles. The summed E-state index contributed by atoms with van der Waals surface area (Å²) in [5.41, 5.74) is 8.86. The third-order valence-electron chi connectivity index (χ3n) is 5.34. The van der Waals surface area contributed by atoms with Crippen molar-refractivity contribution in [3.63, 3.8) is 0 Å². The minimum atomic E-state index is 0.463. The average molecular weight is 242 g/mol. The Labute approximate surface area is 112 Å². The molecule has 0 nitrogen and oxygen atoms in total. The number of hydrogen-bond acceptors (Lipinski definition) is 0. The zero-order valence-electron chi connectivity index (χ0n) is 12.4. The van der Waals surface area contributed by atoms with Gasteiger partial charge in [0.1, 0.15) is 0 Å². The molecule has 0 fully saturated rings. The molecule has 0 radical (unpaired) electrons. The van der Waals surface area contributed by atoms with E-state index in [0.29, 0.717) is 5.41 Å². The van der Waals surface area contributed by atoms with Gasteiger partial charge >= 0.3 is 0 Å². The van der Waals surface area contributed by atoms with E-state index in [0.717, 1.165) is 5.92 Å². The highest BCUT2D eigenvalue weighted by Gasteiger charge is 2.30. The maximum absolute atomic E-state index is 2.56. The highest BCUT2D eigenvalue weighted by atomic mass is 14.4. The molecule has 0 heterocycles. The monoisotopic (exact) mass is 242 g/mol. The van der Waals surface area contributed by atoms with Crippen LogP contribution in [0.3, 0.4) is 0 Å². The summed E-state index contributed by atoms with van der Waals surface area (Å²) in [6, 6.07) is 2.56. The quantitative estimate of drug-likeness (QED) is 0.622. The zero-order chi connectivity index (χ0) is 12.9. The second kappa shape index (κ2) is 4.11. The molecule has 2 aliphatic rings. The molecule has 0 amide bonds.